The summed E-state index contributed by atoms with van der Waals surface area (Å²) in [5.74, 6) is -0.852. The van der Waals surface area contributed by atoms with Crippen molar-refractivity contribution in [1.82, 2.24) is 0 Å². The van der Waals surface area contributed by atoms with E-state index in [1.807, 2.05) is 0 Å². The summed E-state index contributed by atoms with van der Waals surface area (Å²) in [6, 6.07) is 8.52. The number of carbonyl (C=O) groups excluding carboxylic acids is 2. The lowest BCUT2D eigenvalue weighted by molar-refractivity contribution is -0.170. The molecule has 1 aromatic rings. The molecule has 0 bridgehead atoms. The highest BCUT2D eigenvalue weighted by Gasteiger charge is 2.32. The van der Waals surface area contributed by atoms with Gasteiger partial charge in [-0.15, -0.1) is 0 Å². The molecule has 0 saturated heterocycles. The van der Waals surface area contributed by atoms with Crippen LogP contribution in [0.5, 0.6) is 0 Å². The number of rotatable bonds is 6. The lowest BCUT2D eigenvalue weighted by Crippen LogP contribution is -2.32. The Morgan fingerprint density at radius 3 is 2.32 bits per heavy atom. The second kappa shape index (κ2) is 8.26. The Morgan fingerprint density at radius 2 is 1.77 bits per heavy atom. The van der Waals surface area contributed by atoms with Crippen molar-refractivity contribution in [2.24, 2.45) is 0 Å². The van der Waals surface area contributed by atoms with Crippen LogP contribution >= 0.6 is 0 Å². The van der Waals surface area contributed by atoms with Crippen LogP contribution in [0.3, 0.4) is 0 Å². The third-order valence-corrected chi connectivity index (χ3v) is 2.41. The second-order valence-electron chi connectivity index (χ2n) is 4.20. The molecule has 0 aliphatic heterocycles. The molecule has 0 spiro atoms. The fourth-order valence-corrected chi connectivity index (χ4v) is 1.53. The monoisotopic (exact) mass is 320 g/mol. The summed E-state index contributed by atoms with van der Waals surface area (Å²) in [5, 5.41) is 0. The van der Waals surface area contributed by atoms with Gasteiger partial charge in [0.2, 0.25) is 6.10 Å². The standard InChI is InChI=1S/C14H15F3O5/c1-2-20-12(18)11(8-10-6-4-3-5-7-10)22-13(19)21-9-14(15,16)17/h3-7,11H,2,8-9H2,1H3. The maximum atomic E-state index is 12.0. The molecule has 22 heavy (non-hydrogen) atoms. The first-order chi connectivity index (χ1) is 10.3. The van der Waals surface area contributed by atoms with Crippen molar-refractivity contribution in [1.29, 1.82) is 0 Å². The van der Waals surface area contributed by atoms with E-state index >= 15 is 0 Å². The van der Waals surface area contributed by atoms with Gasteiger partial charge in [0, 0.05) is 6.42 Å². The van der Waals surface area contributed by atoms with Crippen LogP contribution in [0, 0.1) is 0 Å². The van der Waals surface area contributed by atoms with E-state index < -0.39 is 31.0 Å². The molecule has 0 amide bonds. The molecule has 0 aliphatic rings. The topological polar surface area (TPSA) is 61.8 Å². The van der Waals surface area contributed by atoms with Crippen LogP contribution in [0.25, 0.3) is 0 Å². The highest BCUT2D eigenvalue weighted by Crippen LogP contribution is 2.15. The van der Waals surface area contributed by atoms with Crippen LogP contribution in [-0.2, 0) is 25.4 Å². The smallest absolute Gasteiger partial charge is 0.463 e. The van der Waals surface area contributed by atoms with E-state index in [-0.39, 0.29) is 13.0 Å². The van der Waals surface area contributed by atoms with Gasteiger partial charge in [0.05, 0.1) is 6.61 Å². The van der Waals surface area contributed by atoms with E-state index in [9.17, 15) is 22.8 Å². The molecule has 0 aliphatic carbocycles. The summed E-state index contributed by atoms with van der Waals surface area (Å²) in [6.07, 6.45) is -7.65. The number of ether oxygens (including phenoxy) is 3. The minimum absolute atomic E-state index is 0.0270. The van der Waals surface area contributed by atoms with Crippen LogP contribution in [0.15, 0.2) is 30.3 Å². The van der Waals surface area contributed by atoms with Gasteiger partial charge >= 0.3 is 18.3 Å². The predicted molar refractivity (Wildman–Crippen MR) is 69.1 cm³/mol. The van der Waals surface area contributed by atoms with Crippen molar-refractivity contribution < 1.29 is 37.0 Å². The molecule has 0 aromatic heterocycles. The highest BCUT2D eigenvalue weighted by atomic mass is 19.4. The Labute approximate surface area is 125 Å². The molecule has 0 saturated carbocycles. The van der Waals surface area contributed by atoms with Gasteiger partial charge in [-0.1, -0.05) is 30.3 Å². The molecule has 122 valence electrons. The molecular weight excluding hydrogens is 305 g/mol. The third-order valence-electron chi connectivity index (χ3n) is 2.41. The van der Waals surface area contributed by atoms with E-state index in [0.29, 0.717) is 5.56 Å². The van der Waals surface area contributed by atoms with Gasteiger partial charge in [-0.3, -0.25) is 0 Å². The van der Waals surface area contributed by atoms with E-state index in [4.69, 9.17) is 4.74 Å². The third kappa shape index (κ3) is 6.96. The van der Waals surface area contributed by atoms with Crippen molar-refractivity contribution in [2.75, 3.05) is 13.2 Å². The molecule has 1 aromatic carbocycles. The van der Waals surface area contributed by atoms with E-state index in [2.05, 4.69) is 9.47 Å². The van der Waals surface area contributed by atoms with Crippen LogP contribution < -0.4 is 0 Å². The molecule has 1 rings (SSSR count). The maximum absolute atomic E-state index is 12.0. The molecule has 5 nitrogen and oxygen atoms in total. The van der Waals surface area contributed by atoms with Gasteiger partial charge in [0.25, 0.3) is 0 Å². The SMILES string of the molecule is CCOC(=O)C(Cc1ccccc1)OC(=O)OCC(F)(F)F. The summed E-state index contributed by atoms with van der Waals surface area (Å²) in [5.41, 5.74) is 0.657. The van der Waals surface area contributed by atoms with Crippen LogP contribution in [0.1, 0.15) is 12.5 Å². The zero-order chi connectivity index (χ0) is 16.6. The van der Waals surface area contributed by atoms with Crippen LogP contribution in [0.4, 0.5) is 18.0 Å². The lowest BCUT2D eigenvalue weighted by atomic mass is 10.1. The van der Waals surface area contributed by atoms with Crippen LogP contribution in [-0.4, -0.2) is 37.6 Å². The fraction of sp³-hybridized carbons (Fsp3) is 0.429. The molecule has 1 unspecified atom stereocenters. The molecule has 0 fully saturated rings. The Kier molecular flexibility index (Phi) is 6.68. The van der Waals surface area contributed by atoms with Gasteiger partial charge in [-0.05, 0) is 12.5 Å². The van der Waals surface area contributed by atoms with Crippen molar-refractivity contribution in [3.05, 3.63) is 35.9 Å². The molecule has 0 N–H and O–H groups in total. The number of halogens is 3. The number of carbonyl (C=O) groups is 2. The van der Waals surface area contributed by atoms with Gasteiger partial charge in [0.1, 0.15) is 0 Å². The maximum Gasteiger partial charge on any atom is 0.509 e. The number of esters is 1. The fourth-order valence-electron chi connectivity index (χ4n) is 1.53. The summed E-state index contributed by atoms with van der Waals surface area (Å²) < 4.78 is 49.1. The molecule has 0 radical (unpaired) electrons. The second-order valence-corrected chi connectivity index (χ2v) is 4.20. The number of alkyl halides is 3. The zero-order valence-electron chi connectivity index (χ0n) is 11.8. The minimum Gasteiger partial charge on any atom is -0.463 e. The van der Waals surface area contributed by atoms with Crippen molar-refractivity contribution in [3.8, 4) is 0 Å². The Morgan fingerprint density at radius 1 is 1.14 bits per heavy atom. The molecule has 1 atom stereocenters. The van der Waals surface area contributed by atoms with Gasteiger partial charge in [0.15, 0.2) is 6.61 Å². The van der Waals surface area contributed by atoms with Crippen molar-refractivity contribution in [3.63, 3.8) is 0 Å². The first-order valence-electron chi connectivity index (χ1n) is 6.42. The molecular formula is C14H15F3O5. The largest absolute Gasteiger partial charge is 0.509 e. The number of benzene rings is 1. The average Bonchev–Trinajstić information content (AvgIpc) is 2.45. The van der Waals surface area contributed by atoms with E-state index in [0.717, 1.165) is 0 Å². The number of hydrogen-bond donors (Lipinski definition) is 0. The summed E-state index contributed by atoms with van der Waals surface area (Å²) in [6.45, 7) is -0.183. The Bertz CT molecular complexity index is 487. The zero-order valence-corrected chi connectivity index (χ0v) is 11.8. The van der Waals surface area contributed by atoms with E-state index in [1.54, 1.807) is 37.3 Å². The summed E-state index contributed by atoms with van der Waals surface area (Å²) in [7, 11) is 0. The number of hydrogen-bond acceptors (Lipinski definition) is 5. The first kappa shape index (κ1) is 17.8. The quantitative estimate of drug-likeness (QED) is 0.754. The van der Waals surface area contributed by atoms with Crippen molar-refractivity contribution >= 4 is 12.1 Å². The summed E-state index contributed by atoms with van der Waals surface area (Å²) in [4.78, 5) is 23.0. The molecule has 8 heteroatoms. The van der Waals surface area contributed by atoms with Gasteiger partial charge < -0.3 is 14.2 Å². The van der Waals surface area contributed by atoms with Crippen molar-refractivity contribution in [2.45, 2.75) is 25.6 Å². The summed E-state index contributed by atoms with van der Waals surface area (Å²) >= 11 is 0. The van der Waals surface area contributed by atoms with Gasteiger partial charge in [-0.25, -0.2) is 9.59 Å². The van der Waals surface area contributed by atoms with Crippen LogP contribution in [0.2, 0.25) is 0 Å². The first-order valence-corrected chi connectivity index (χ1v) is 6.42. The van der Waals surface area contributed by atoms with Gasteiger partial charge in [-0.2, -0.15) is 13.2 Å². The average molecular weight is 320 g/mol. The Balaban J connectivity index is 2.66. The normalized spacial score (nSPS) is 12.4. The van der Waals surface area contributed by atoms with E-state index in [1.165, 1.54) is 0 Å². The molecule has 0 heterocycles. The lowest BCUT2D eigenvalue weighted by Gasteiger charge is -2.16. The minimum atomic E-state index is -4.67. The highest BCUT2D eigenvalue weighted by molar-refractivity contribution is 5.77. The Hall–Kier alpha value is -2.25. The predicted octanol–water partition coefficient (Wildman–Crippen LogP) is 2.88.